The van der Waals surface area contributed by atoms with Gasteiger partial charge in [0.1, 0.15) is 0 Å². The zero-order valence-electron chi connectivity index (χ0n) is 16.5. The summed E-state index contributed by atoms with van der Waals surface area (Å²) in [5, 5.41) is 14.4. The van der Waals surface area contributed by atoms with Crippen LogP contribution in [0.3, 0.4) is 0 Å². The molecular formula is C23H25N5O. The molecule has 2 aromatic carbocycles. The summed E-state index contributed by atoms with van der Waals surface area (Å²) in [4.78, 5) is 14.4. The first-order valence-corrected chi connectivity index (χ1v) is 9.99. The molecule has 2 amide bonds. The van der Waals surface area contributed by atoms with Crippen molar-refractivity contribution >= 4 is 23.2 Å². The zero-order chi connectivity index (χ0) is 20.1. The van der Waals surface area contributed by atoms with Crippen molar-refractivity contribution in [2.24, 2.45) is 5.92 Å². The zero-order valence-corrected chi connectivity index (χ0v) is 16.5. The Morgan fingerprint density at radius 2 is 1.52 bits per heavy atom. The van der Waals surface area contributed by atoms with E-state index in [9.17, 15) is 4.79 Å². The minimum absolute atomic E-state index is 0.274. The largest absolute Gasteiger partial charge is 0.355 e. The van der Waals surface area contributed by atoms with E-state index in [1.165, 1.54) is 12.8 Å². The Kier molecular flexibility index (Phi) is 5.70. The highest BCUT2D eigenvalue weighted by molar-refractivity contribution is 5.99. The molecule has 2 heterocycles. The normalized spacial score (nSPS) is 14.4. The quantitative estimate of drug-likeness (QED) is 0.659. The van der Waals surface area contributed by atoms with E-state index in [0.717, 1.165) is 41.8 Å². The second kappa shape index (κ2) is 8.73. The molecule has 0 saturated carbocycles. The lowest BCUT2D eigenvalue weighted by Gasteiger charge is -2.30. The van der Waals surface area contributed by atoms with Crippen LogP contribution < -0.4 is 15.5 Å². The van der Waals surface area contributed by atoms with Crippen LogP contribution in [0.15, 0.2) is 66.7 Å². The molecule has 0 spiro atoms. The van der Waals surface area contributed by atoms with Crippen LogP contribution in [0.4, 0.5) is 22.0 Å². The van der Waals surface area contributed by atoms with Gasteiger partial charge >= 0.3 is 6.03 Å². The van der Waals surface area contributed by atoms with Crippen molar-refractivity contribution in [1.82, 2.24) is 10.2 Å². The summed E-state index contributed by atoms with van der Waals surface area (Å²) < 4.78 is 0. The van der Waals surface area contributed by atoms with Crippen LogP contribution in [0.1, 0.15) is 19.8 Å². The van der Waals surface area contributed by atoms with Crippen molar-refractivity contribution in [3.05, 3.63) is 66.7 Å². The topological polar surface area (TPSA) is 70.2 Å². The van der Waals surface area contributed by atoms with E-state index in [2.05, 4.69) is 32.7 Å². The fourth-order valence-corrected chi connectivity index (χ4v) is 3.42. The monoisotopic (exact) mass is 387 g/mol. The maximum atomic E-state index is 12.1. The molecule has 29 heavy (non-hydrogen) atoms. The summed E-state index contributed by atoms with van der Waals surface area (Å²) in [5.41, 5.74) is 3.25. The molecule has 1 aliphatic rings. The molecule has 1 saturated heterocycles. The number of nitrogens with one attached hydrogen (secondary N) is 2. The standard InChI is InChI=1S/C23H25N5O/c1-17-13-15-28(16-14-17)22-12-11-21(26-27-22)18-7-9-20(10-8-18)25-23(29)24-19-5-3-2-4-6-19/h2-12,17H,13-16H2,1H3,(H2,24,25,29). The van der Waals surface area contributed by atoms with Crippen molar-refractivity contribution in [3.8, 4) is 11.3 Å². The maximum absolute atomic E-state index is 12.1. The van der Waals surface area contributed by atoms with Gasteiger partial charge in [0.15, 0.2) is 5.82 Å². The number of para-hydroxylation sites is 1. The van der Waals surface area contributed by atoms with Gasteiger partial charge in [0, 0.05) is 30.0 Å². The molecule has 6 heteroatoms. The molecule has 1 aromatic heterocycles. The van der Waals surface area contributed by atoms with Gasteiger partial charge in [-0.3, -0.25) is 0 Å². The number of benzene rings is 2. The van der Waals surface area contributed by atoms with Crippen LogP contribution in [0.25, 0.3) is 11.3 Å². The van der Waals surface area contributed by atoms with Crippen LogP contribution in [0.2, 0.25) is 0 Å². The first-order chi connectivity index (χ1) is 14.2. The first-order valence-electron chi connectivity index (χ1n) is 9.99. The second-order valence-corrected chi connectivity index (χ2v) is 7.47. The van der Waals surface area contributed by atoms with Crippen molar-refractivity contribution in [3.63, 3.8) is 0 Å². The molecule has 0 aliphatic carbocycles. The fraction of sp³-hybridized carbons (Fsp3) is 0.261. The summed E-state index contributed by atoms with van der Waals surface area (Å²) in [6.07, 6.45) is 2.41. The summed E-state index contributed by atoms with van der Waals surface area (Å²) in [6, 6.07) is 20.7. The Labute approximate surface area is 171 Å². The number of piperidine rings is 1. The molecule has 0 unspecified atom stereocenters. The lowest BCUT2D eigenvalue weighted by molar-refractivity contribution is 0.262. The van der Waals surface area contributed by atoms with E-state index >= 15 is 0 Å². The van der Waals surface area contributed by atoms with Crippen molar-refractivity contribution < 1.29 is 4.79 Å². The predicted molar refractivity (Wildman–Crippen MR) is 117 cm³/mol. The van der Waals surface area contributed by atoms with E-state index in [1.807, 2.05) is 66.7 Å². The first kappa shape index (κ1) is 18.9. The van der Waals surface area contributed by atoms with Gasteiger partial charge in [-0.2, -0.15) is 0 Å². The van der Waals surface area contributed by atoms with Gasteiger partial charge in [-0.15, -0.1) is 10.2 Å². The number of aromatic nitrogens is 2. The summed E-state index contributed by atoms with van der Waals surface area (Å²) >= 11 is 0. The maximum Gasteiger partial charge on any atom is 0.323 e. The van der Waals surface area contributed by atoms with Gasteiger partial charge in [0.05, 0.1) is 5.69 Å². The average Bonchev–Trinajstić information content (AvgIpc) is 2.76. The molecule has 0 radical (unpaired) electrons. The predicted octanol–water partition coefficient (Wildman–Crippen LogP) is 5.02. The Hall–Kier alpha value is -3.41. The summed E-state index contributed by atoms with van der Waals surface area (Å²) in [7, 11) is 0. The fourth-order valence-electron chi connectivity index (χ4n) is 3.42. The molecule has 3 aromatic rings. The average molecular weight is 387 g/mol. The highest BCUT2D eigenvalue weighted by Gasteiger charge is 2.17. The Morgan fingerprint density at radius 1 is 0.862 bits per heavy atom. The summed E-state index contributed by atoms with van der Waals surface area (Å²) in [6.45, 7) is 4.39. The molecule has 6 nitrogen and oxygen atoms in total. The van der Waals surface area contributed by atoms with Crippen LogP contribution in [-0.2, 0) is 0 Å². The van der Waals surface area contributed by atoms with Gasteiger partial charge in [-0.1, -0.05) is 37.3 Å². The van der Waals surface area contributed by atoms with Crippen molar-refractivity contribution in [2.45, 2.75) is 19.8 Å². The van der Waals surface area contributed by atoms with E-state index < -0.39 is 0 Å². The van der Waals surface area contributed by atoms with Crippen LogP contribution in [0, 0.1) is 5.92 Å². The van der Waals surface area contributed by atoms with E-state index in [4.69, 9.17) is 0 Å². The van der Waals surface area contributed by atoms with Gasteiger partial charge in [0.25, 0.3) is 0 Å². The number of hydrogen-bond donors (Lipinski definition) is 2. The van der Waals surface area contributed by atoms with E-state index in [1.54, 1.807) is 0 Å². The molecule has 0 atom stereocenters. The number of hydrogen-bond acceptors (Lipinski definition) is 4. The van der Waals surface area contributed by atoms with Crippen molar-refractivity contribution in [2.75, 3.05) is 28.6 Å². The van der Waals surface area contributed by atoms with Gasteiger partial charge in [-0.25, -0.2) is 4.79 Å². The lowest BCUT2D eigenvalue weighted by atomic mass is 9.99. The van der Waals surface area contributed by atoms with Crippen LogP contribution in [0.5, 0.6) is 0 Å². The minimum Gasteiger partial charge on any atom is -0.355 e. The lowest BCUT2D eigenvalue weighted by Crippen LogP contribution is -2.33. The molecule has 0 bridgehead atoms. The Bertz CT molecular complexity index is 933. The number of anilines is 3. The number of nitrogens with zero attached hydrogens (tertiary/aromatic N) is 3. The third-order valence-corrected chi connectivity index (χ3v) is 5.23. The van der Waals surface area contributed by atoms with E-state index in [0.29, 0.717) is 5.69 Å². The molecule has 4 rings (SSSR count). The smallest absolute Gasteiger partial charge is 0.323 e. The highest BCUT2D eigenvalue weighted by atomic mass is 16.2. The van der Waals surface area contributed by atoms with Crippen molar-refractivity contribution in [1.29, 1.82) is 0 Å². The SMILES string of the molecule is CC1CCN(c2ccc(-c3ccc(NC(=O)Nc4ccccc4)cc3)nn2)CC1. The van der Waals surface area contributed by atoms with Gasteiger partial charge < -0.3 is 15.5 Å². The third-order valence-electron chi connectivity index (χ3n) is 5.23. The second-order valence-electron chi connectivity index (χ2n) is 7.47. The Balaban J connectivity index is 1.37. The number of rotatable bonds is 4. The number of carbonyl (C=O) groups excluding carboxylic acids is 1. The van der Waals surface area contributed by atoms with Crippen LogP contribution in [-0.4, -0.2) is 29.3 Å². The molecule has 1 fully saturated rings. The minimum atomic E-state index is -0.274. The Morgan fingerprint density at radius 3 is 2.14 bits per heavy atom. The number of amides is 2. The highest BCUT2D eigenvalue weighted by Crippen LogP contribution is 2.24. The van der Waals surface area contributed by atoms with Gasteiger partial charge in [-0.05, 0) is 55.2 Å². The van der Waals surface area contributed by atoms with Crippen LogP contribution >= 0.6 is 0 Å². The molecule has 148 valence electrons. The third kappa shape index (κ3) is 4.90. The molecular weight excluding hydrogens is 362 g/mol. The molecule has 1 aliphatic heterocycles. The van der Waals surface area contributed by atoms with Gasteiger partial charge in [0.2, 0.25) is 0 Å². The number of urea groups is 1. The summed E-state index contributed by atoms with van der Waals surface area (Å²) in [5.74, 6) is 1.73. The molecule has 2 N–H and O–H groups in total. The van der Waals surface area contributed by atoms with E-state index in [-0.39, 0.29) is 6.03 Å². The number of carbonyl (C=O) groups is 1.